The third kappa shape index (κ3) is 6.32. The van der Waals surface area contributed by atoms with E-state index in [2.05, 4.69) is 25.5 Å². The Hall–Kier alpha value is -2.76. The van der Waals surface area contributed by atoms with Crippen molar-refractivity contribution in [3.8, 4) is 0 Å². The van der Waals surface area contributed by atoms with Gasteiger partial charge in [-0.3, -0.25) is 4.79 Å². The first kappa shape index (κ1) is 26.3. The fourth-order valence-corrected chi connectivity index (χ4v) is 5.52. The van der Waals surface area contributed by atoms with Crippen molar-refractivity contribution in [2.24, 2.45) is 0 Å². The molecule has 9 nitrogen and oxygen atoms in total. The first-order valence-electron chi connectivity index (χ1n) is 11.4. The van der Waals surface area contributed by atoms with Gasteiger partial charge < -0.3 is 15.5 Å². The van der Waals surface area contributed by atoms with Crippen LogP contribution >= 0.6 is 23.2 Å². The standard InChI is InChI=1S/C24H26Cl2N6O3S/c1-31(13-14-32-11-2-3-12-32)36(34,35)19-9-7-17(8-10-19)30-24-27-15-18(16-28-24)29-23(33)22-20(25)5-4-6-21(22)26/h4-10,15-16H,2-3,11-14H2,1H3,(H,29,33)(H,27,28,30). The van der Waals surface area contributed by atoms with Crippen LogP contribution in [0.15, 0.2) is 59.8 Å². The van der Waals surface area contributed by atoms with Gasteiger partial charge >= 0.3 is 0 Å². The molecular formula is C24H26Cl2N6O3S. The predicted molar refractivity (Wildman–Crippen MR) is 142 cm³/mol. The van der Waals surface area contributed by atoms with Crippen molar-refractivity contribution in [2.75, 3.05) is 43.9 Å². The molecule has 0 spiro atoms. The van der Waals surface area contributed by atoms with Crippen molar-refractivity contribution in [3.05, 3.63) is 70.5 Å². The van der Waals surface area contributed by atoms with Gasteiger partial charge in [0, 0.05) is 25.8 Å². The van der Waals surface area contributed by atoms with E-state index in [0.29, 0.717) is 17.9 Å². The van der Waals surface area contributed by atoms with Gasteiger partial charge in [0.05, 0.1) is 38.6 Å². The molecule has 3 aromatic rings. The van der Waals surface area contributed by atoms with Gasteiger partial charge in [-0.2, -0.15) is 4.31 Å². The largest absolute Gasteiger partial charge is 0.324 e. The molecule has 2 aromatic carbocycles. The molecule has 0 radical (unpaired) electrons. The summed E-state index contributed by atoms with van der Waals surface area (Å²) in [4.78, 5) is 23.4. The normalized spacial score (nSPS) is 14.2. The summed E-state index contributed by atoms with van der Waals surface area (Å²) in [6.07, 6.45) is 5.21. The number of hydrogen-bond acceptors (Lipinski definition) is 7. The molecule has 2 N–H and O–H groups in total. The van der Waals surface area contributed by atoms with E-state index in [4.69, 9.17) is 23.2 Å². The van der Waals surface area contributed by atoms with Crippen LogP contribution in [0.5, 0.6) is 0 Å². The van der Waals surface area contributed by atoms with E-state index in [1.54, 1.807) is 49.5 Å². The Morgan fingerprint density at radius 1 is 1.00 bits per heavy atom. The summed E-state index contributed by atoms with van der Waals surface area (Å²) in [6, 6.07) is 11.2. The second kappa shape index (κ2) is 11.5. The molecule has 36 heavy (non-hydrogen) atoms. The number of carbonyl (C=O) groups excluding carboxylic acids is 1. The van der Waals surface area contributed by atoms with Crippen LogP contribution in [0.25, 0.3) is 0 Å². The molecule has 0 aliphatic carbocycles. The highest BCUT2D eigenvalue weighted by molar-refractivity contribution is 7.89. The molecule has 1 amide bonds. The first-order chi connectivity index (χ1) is 17.2. The summed E-state index contributed by atoms with van der Waals surface area (Å²) in [7, 11) is -1.98. The maximum absolute atomic E-state index is 12.9. The van der Waals surface area contributed by atoms with Crippen LogP contribution in [0.4, 0.5) is 17.3 Å². The Morgan fingerprint density at radius 3 is 2.22 bits per heavy atom. The van der Waals surface area contributed by atoms with Crippen molar-refractivity contribution >= 4 is 56.5 Å². The van der Waals surface area contributed by atoms with E-state index >= 15 is 0 Å². The van der Waals surface area contributed by atoms with Crippen molar-refractivity contribution in [1.29, 1.82) is 0 Å². The topological polar surface area (TPSA) is 108 Å². The summed E-state index contributed by atoms with van der Waals surface area (Å²) in [6.45, 7) is 3.23. The minimum Gasteiger partial charge on any atom is -0.324 e. The number of likely N-dealkylation sites (tertiary alicyclic amines) is 1. The van der Waals surface area contributed by atoms with Crippen LogP contribution in [0.2, 0.25) is 10.0 Å². The second-order valence-electron chi connectivity index (χ2n) is 8.37. The Labute approximate surface area is 220 Å². The highest BCUT2D eigenvalue weighted by atomic mass is 35.5. The lowest BCUT2D eigenvalue weighted by molar-refractivity contribution is 0.102. The highest BCUT2D eigenvalue weighted by Gasteiger charge is 2.22. The number of amides is 1. The lowest BCUT2D eigenvalue weighted by Gasteiger charge is -2.21. The fourth-order valence-electron chi connectivity index (χ4n) is 3.79. The van der Waals surface area contributed by atoms with Crippen molar-refractivity contribution in [3.63, 3.8) is 0 Å². The lowest BCUT2D eigenvalue weighted by Crippen LogP contribution is -2.35. The summed E-state index contributed by atoms with van der Waals surface area (Å²) in [5.74, 6) is -0.195. The van der Waals surface area contributed by atoms with Crippen LogP contribution < -0.4 is 10.6 Å². The molecule has 12 heteroatoms. The number of aromatic nitrogens is 2. The van der Waals surface area contributed by atoms with E-state index in [1.165, 1.54) is 29.5 Å². The Balaban J connectivity index is 1.35. The number of carbonyl (C=O) groups is 1. The van der Waals surface area contributed by atoms with Gasteiger partial charge in [-0.05, 0) is 62.3 Å². The molecule has 1 aliphatic heterocycles. The Bertz CT molecular complexity index is 1290. The third-order valence-corrected chi connectivity index (χ3v) is 8.35. The number of anilines is 3. The van der Waals surface area contributed by atoms with Crippen LogP contribution in [0, 0.1) is 0 Å². The SMILES string of the molecule is CN(CCN1CCCC1)S(=O)(=O)c1ccc(Nc2ncc(NC(=O)c3c(Cl)cccc3Cl)cn2)cc1. The molecule has 0 saturated carbocycles. The molecule has 1 saturated heterocycles. The number of rotatable bonds is 9. The van der Waals surface area contributed by atoms with Crippen molar-refractivity contribution < 1.29 is 13.2 Å². The Morgan fingerprint density at radius 2 is 1.61 bits per heavy atom. The molecule has 0 atom stereocenters. The summed E-state index contributed by atoms with van der Waals surface area (Å²) >= 11 is 12.2. The van der Waals surface area contributed by atoms with Crippen LogP contribution in [0.3, 0.4) is 0 Å². The van der Waals surface area contributed by atoms with Gasteiger partial charge in [-0.1, -0.05) is 29.3 Å². The third-order valence-electron chi connectivity index (χ3n) is 5.85. The molecule has 1 aliphatic rings. The highest BCUT2D eigenvalue weighted by Crippen LogP contribution is 2.25. The van der Waals surface area contributed by atoms with Gasteiger partial charge in [0.25, 0.3) is 5.91 Å². The average molecular weight is 549 g/mol. The van der Waals surface area contributed by atoms with Crippen molar-refractivity contribution in [1.82, 2.24) is 19.2 Å². The number of likely N-dealkylation sites (N-methyl/N-ethyl adjacent to an activating group) is 1. The van der Waals surface area contributed by atoms with Crippen LogP contribution in [-0.2, 0) is 10.0 Å². The molecule has 4 rings (SSSR count). The zero-order valence-corrected chi connectivity index (χ0v) is 21.9. The van der Waals surface area contributed by atoms with E-state index in [0.717, 1.165) is 19.6 Å². The molecule has 0 unspecified atom stereocenters. The maximum Gasteiger partial charge on any atom is 0.258 e. The smallest absolute Gasteiger partial charge is 0.258 e. The quantitative estimate of drug-likeness (QED) is 0.405. The van der Waals surface area contributed by atoms with Crippen LogP contribution in [-0.4, -0.2) is 66.7 Å². The average Bonchev–Trinajstić information content (AvgIpc) is 3.38. The van der Waals surface area contributed by atoms with Crippen LogP contribution in [0.1, 0.15) is 23.2 Å². The molecule has 190 valence electrons. The monoisotopic (exact) mass is 548 g/mol. The van der Waals surface area contributed by atoms with E-state index in [9.17, 15) is 13.2 Å². The zero-order valence-electron chi connectivity index (χ0n) is 19.6. The number of nitrogens with one attached hydrogen (secondary N) is 2. The number of halogens is 2. The molecule has 1 aromatic heterocycles. The lowest BCUT2D eigenvalue weighted by atomic mass is 10.2. The second-order valence-corrected chi connectivity index (χ2v) is 11.2. The van der Waals surface area contributed by atoms with E-state index in [1.807, 2.05) is 0 Å². The van der Waals surface area contributed by atoms with Gasteiger partial charge in [0.2, 0.25) is 16.0 Å². The minimum absolute atomic E-state index is 0.166. The summed E-state index contributed by atoms with van der Waals surface area (Å²) in [5, 5.41) is 6.15. The number of nitrogens with zero attached hydrogens (tertiary/aromatic N) is 4. The van der Waals surface area contributed by atoms with Gasteiger partial charge in [-0.25, -0.2) is 18.4 Å². The van der Waals surface area contributed by atoms with Crippen molar-refractivity contribution in [2.45, 2.75) is 17.7 Å². The molecule has 2 heterocycles. The first-order valence-corrected chi connectivity index (χ1v) is 13.6. The van der Waals surface area contributed by atoms with Gasteiger partial charge in [-0.15, -0.1) is 0 Å². The molecular weight excluding hydrogens is 523 g/mol. The number of sulfonamides is 1. The molecule has 0 bridgehead atoms. The van der Waals surface area contributed by atoms with Gasteiger partial charge in [0.15, 0.2) is 0 Å². The predicted octanol–water partition coefficient (Wildman–Crippen LogP) is 4.50. The number of benzene rings is 2. The van der Waals surface area contributed by atoms with E-state index < -0.39 is 15.9 Å². The molecule has 1 fully saturated rings. The van der Waals surface area contributed by atoms with Gasteiger partial charge in [0.1, 0.15) is 0 Å². The minimum atomic E-state index is -3.58. The maximum atomic E-state index is 12.9. The Kier molecular flexibility index (Phi) is 8.43. The number of hydrogen-bond donors (Lipinski definition) is 2. The zero-order chi connectivity index (χ0) is 25.7. The summed E-state index contributed by atoms with van der Waals surface area (Å²) < 4.78 is 27.2. The summed E-state index contributed by atoms with van der Waals surface area (Å²) in [5.41, 5.74) is 1.15. The fraction of sp³-hybridized carbons (Fsp3) is 0.292. The van der Waals surface area contributed by atoms with E-state index in [-0.39, 0.29) is 26.5 Å².